The number of nitrogens with one attached hydrogen (secondary N) is 1. The van der Waals surface area contributed by atoms with E-state index in [0.717, 1.165) is 35.2 Å². The zero-order valence-electron chi connectivity index (χ0n) is 13.0. The van der Waals surface area contributed by atoms with Crippen LogP contribution in [0.4, 0.5) is 14.5 Å². The number of rotatable bonds is 6. The minimum absolute atomic E-state index is 0.109. The number of ether oxygens (including phenoxy) is 1. The number of aromatic nitrogens is 1. The molecule has 0 aliphatic carbocycles. The predicted octanol–water partition coefficient (Wildman–Crippen LogP) is 4.97. The smallest absolute Gasteiger partial charge is 0.387 e. The number of anilines is 1. The van der Waals surface area contributed by atoms with Crippen molar-refractivity contribution in [3.05, 3.63) is 46.8 Å². The van der Waals surface area contributed by atoms with Gasteiger partial charge >= 0.3 is 6.61 Å². The number of carbonyl (C=O) groups excluding carboxylic acids is 1. The summed E-state index contributed by atoms with van der Waals surface area (Å²) in [4.78, 5) is 12.4. The van der Waals surface area contributed by atoms with Crippen molar-refractivity contribution in [2.75, 3.05) is 5.32 Å². The molecule has 0 unspecified atom stereocenters. The second-order valence-corrected chi connectivity index (χ2v) is 6.15. The number of carbonyl (C=O) groups is 1. The Kier molecular flexibility index (Phi) is 4.80. The Morgan fingerprint density at radius 2 is 2.17 bits per heavy atom. The maximum atomic E-state index is 12.4. The molecule has 0 radical (unpaired) electrons. The number of halogens is 2. The number of amides is 1. The second kappa shape index (κ2) is 7.00. The number of thiophene rings is 1. The lowest BCUT2D eigenvalue weighted by molar-refractivity contribution is -0.0498. The van der Waals surface area contributed by atoms with E-state index in [9.17, 15) is 13.6 Å². The molecule has 7 heteroatoms. The van der Waals surface area contributed by atoms with Crippen molar-refractivity contribution in [3.8, 4) is 5.75 Å². The van der Waals surface area contributed by atoms with Crippen LogP contribution in [0, 0.1) is 0 Å². The van der Waals surface area contributed by atoms with Gasteiger partial charge in [-0.2, -0.15) is 8.78 Å². The summed E-state index contributed by atoms with van der Waals surface area (Å²) < 4.78 is 31.2. The molecular formula is C17H16F2N2O2S. The zero-order chi connectivity index (χ0) is 17.1. The molecule has 126 valence electrons. The third-order valence-electron chi connectivity index (χ3n) is 3.54. The van der Waals surface area contributed by atoms with Crippen molar-refractivity contribution in [3.63, 3.8) is 0 Å². The Bertz CT molecular complexity index is 857. The number of hydrogen-bond donors (Lipinski definition) is 1. The number of hydrogen-bond acceptors (Lipinski definition) is 3. The van der Waals surface area contributed by atoms with Crippen molar-refractivity contribution in [1.29, 1.82) is 0 Å². The monoisotopic (exact) mass is 350 g/mol. The van der Waals surface area contributed by atoms with E-state index in [1.54, 1.807) is 11.4 Å². The summed E-state index contributed by atoms with van der Waals surface area (Å²) in [6.45, 7) is 0.0833. The van der Waals surface area contributed by atoms with E-state index < -0.39 is 12.5 Å². The van der Waals surface area contributed by atoms with Gasteiger partial charge < -0.3 is 14.6 Å². The highest BCUT2D eigenvalue weighted by Crippen LogP contribution is 2.28. The molecule has 0 bridgehead atoms. The maximum absolute atomic E-state index is 12.4. The van der Waals surface area contributed by atoms with Gasteiger partial charge in [0, 0.05) is 29.3 Å². The number of benzene rings is 1. The largest absolute Gasteiger partial charge is 0.433 e. The lowest BCUT2D eigenvalue weighted by atomic mass is 10.2. The van der Waals surface area contributed by atoms with E-state index in [1.807, 2.05) is 24.4 Å². The standard InChI is InChI=1S/C17H16F2N2O2S/c1-2-7-21-8-5-11-10-12(3-4-13(11)21)20-16(22)15-14(6-9-24-15)23-17(18)19/h3-6,8-10,17H,2,7H2,1H3,(H,20,22). The molecule has 0 aliphatic rings. The summed E-state index contributed by atoms with van der Waals surface area (Å²) in [7, 11) is 0. The van der Waals surface area contributed by atoms with Crippen LogP contribution in [0.1, 0.15) is 23.0 Å². The highest BCUT2D eigenvalue weighted by Gasteiger charge is 2.17. The van der Waals surface area contributed by atoms with E-state index in [4.69, 9.17) is 0 Å². The Balaban J connectivity index is 1.79. The van der Waals surface area contributed by atoms with Gasteiger partial charge in [0.15, 0.2) is 0 Å². The lowest BCUT2D eigenvalue weighted by Gasteiger charge is -2.08. The molecule has 1 amide bonds. The first-order chi connectivity index (χ1) is 11.6. The first kappa shape index (κ1) is 16.4. The Morgan fingerprint density at radius 1 is 1.33 bits per heavy atom. The van der Waals surface area contributed by atoms with Gasteiger partial charge in [0.1, 0.15) is 10.6 Å². The molecule has 1 aromatic carbocycles. The van der Waals surface area contributed by atoms with Crippen molar-refractivity contribution in [1.82, 2.24) is 4.57 Å². The van der Waals surface area contributed by atoms with Gasteiger partial charge in [-0.3, -0.25) is 4.79 Å². The number of fused-ring (bicyclic) bond motifs is 1. The van der Waals surface area contributed by atoms with Gasteiger partial charge in [-0.05, 0) is 42.1 Å². The molecule has 1 N–H and O–H groups in total. The summed E-state index contributed by atoms with van der Waals surface area (Å²) in [6.07, 6.45) is 3.04. The first-order valence-corrected chi connectivity index (χ1v) is 8.39. The normalized spacial score (nSPS) is 11.2. The molecule has 0 spiro atoms. The molecule has 0 saturated carbocycles. The molecule has 0 saturated heterocycles. The van der Waals surface area contributed by atoms with Crippen molar-refractivity contribution < 1.29 is 18.3 Å². The molecule has 4 nitrogen and oxygen atoms in total. The van der Waals surface area contributed by atoms with Crippen LogP contribution in [-0.4, -0.2) is 17.1 Å². The molecule has 0 aliphatic heterocycles. The summed E-state index contributed by atoms with van der Waals surface area (Å²) in [5, 5.41) is 5.28. The van der Waals surface area contributed by atoms with Crippen LogP contribution in [0.2, 0.25) is 0 Å². The Morgan fingerprint density at radius 3 is 2.92 bits per heavy atom. The van der Waals surface area contributed by atoms with Crippen molar-refractivity contribution in [2.45, 2.75) is 26.5 Å². The van der Waals surface area contributed by atoms with E-state index in [1.165, 1.54) is 6.07 Å². The summed E-state index contributed by atoms with van der Waals surface area (Å²) >= 11 is 1.06. The van der Waals surface area contributed by atoms with Crippen LogP contribution in [0.25, 0.3) is 10.9 Å². The van der Waals surface area contributed by atoms with Crippen LogP contribution in [0.5, 0.6) is 5.75 Å². The average Bonchev–Trinajstić information content (AvgIpc) is 3.14. The van der Waals surface area contributed by atoms with Gasteiger partial charge in [0.05, 0.1) is 0 Å². The third-order valence-corrected chi connectivity index (χ3v) is 4.44. The van der Waals surface area contributed by atoms with Gasteiger partial charge in [-0.1, -0.05) is 6.92 Å². The topological polar surface area (TPSA) is 43.3 Å². The Hall–Kier alpha value is -2.41. The number of aryl methyl sites for hydroxylation is 1. The second-order valence-electron chi connectivity index (χ2n) is 5.23. The fourth-order valence-electron chi connectivity index (χ4n) is 2.55. The van der Waals surface area contributed by atoms with Gasteiger partial charge in [-0.25, -0.2) is 0 Å². The first-order valence-electron chi connectivity index (χ1n) is 7.51. The lowest BCUT2D eigenvalue weighted by Crippen LogP contribution is -2.13. The van der Waals surface area contributed by atoms with Gasteiger partial charge in [0.25, 0.3) is 5.91 Å². The summed E-state index contributed by atoms with van der Waals surface area (Å²) in [5.74, 6) is -0.573. The van der Waals surface area contributed by atoms with Crippen molar-refractivity contribution >= 4 is 33.8 Å². The summed E-state index contributed by atoms with van der Waals surface area (Å²) in [5.41, 5.74) is 1.70. The van der Waals surface area contributed by atoms with Gasteiger partial charge in [0.2, 0.25) is 0 Å². The Labute approximate surface area is 141 Å². The van der Waals surface area contributed by atoms with E-state index >= 15 is 0 Å². The SMILES string of the molecule is CCCn1ccc2cc(NC(=O)c3sccc3OC(F)F)ccc21. The van der Waals surface area contributed by atoms with Crippen LogP contribution in [-0.2, 0) is 6.54 Å². The number of nitrogens with zero attached hydrogens (tertiary/aromatic N) is 1. The molecule has 2 aromatic heterocycles. The fourth-order valence-corrected chi connectivity index (χ4v) is 3.27. The minimum atomic E-state index is -2.96. The van der Waals surface area contributed by atoms with E-state index in [2.05, 4.69) is 21.5 Å². The van der Waals surface area contributed by atoms with E-state index in [-0.39, 0.29) is 10.6 Å². The highest BCUT2D eigenvalue weighted by atomic mass is 32.1. The van der Waals surface area contributed by atoms with Crippen LogP contribution >= 0.6 is 11.3 Å². The molecule has 2 heterocycles. The average molecular weight is 350 g/mol. The zero-order valence-corrected chi connectivity index (χ0v) is 13.8. The molecule has 24 heavy (non-hydrogen) atoms. The van der Waals surface area contributed by atoms with Crippen LogP contribution in [0.15, 0.2) is 41.9 Å². The van der Waals surface area contributed by atoms with Crippen LogP contribution in [0.3, 0.4) is 0 Å². The number of alkyl halides is 2. The molecule has 3 rings (SSSR count). The van der Waals surface area contributed by atoms with Gasteiger partial charge in [-0.15, -0.1) is 11.3 Å². The maximum Gasteiger partial charge on any atom is 0.387 e. The highest BCUT2D eigenvalue weighted by molar-refractivity contribution is 7.12. The van der Waals surface area contributed by atoms with Crippen molar-refractivity contribution in [2.24, 2.45) is 0 Å². The predicted molar refractivity (Wildman–Crippen MR) is 91.1 cm³/mol. The third kappa shape index (κ3) is 3.41. The molecule has 3 aromatic rings. The summed E-state index contributed by atoms with van der Waals surface area (Å²) in [6, 6.07) is 8.94. The quantitative estimate of drug-likeness (QED) is 0.682. The minimum Gasteiger partial charge on any atom is -0.433 e. The van der Waals surface area contributed by atoms with E-state index in [0.29, 0.717) is 5.69 Å². The molecule has 0 fully saturated rings. The van der Waals surface area contributed by atoms with Crippen LogP contribution < -0.4 is 10.1 Å². The molecule has 0 atom stereocenters. The fraction of sp³-hybridized carbons (Fsp3) is 0.235. The molecular weight excluding hydrogens is 334 g/mol.